The standard InChI is InChI=1S/C26H39N5O5/c1-17(2)30-13-20-21(14-30)35-16-23(33)31-10-9-29(22(32)11-26(3,4)5)12-18(31)15-36-25-19(24(34)28-20)7-6-8-27-25/h6-8,17-18,20-21H,9-16H2,1-5H3,(H,28,34)/t18-,20+,21-/m0/s1. The predicted molar refractivity (Wildman–Crippen MR) is 134 cm³/mol. The molecule has 0 saturated carbocycles. The van der Waals surface area contributed by atoms with Crippen molar-refractivity contribution in [1.29, 1.82) is 0 Å². The molecule has 3 amide bonds. The smallest absolute Gasteiger partial charge is 0.257 e. The molecule has 0 aromatic carbocycles. The molecule has 0 bridgehead atoms. The van der Waals surface area contributed by atoms with E-state index in [2.05, 4.69) is 29.0 Å². The Morgan fingerprint density at radius 3 is 2.69 bits per heavy atom. The lowest BCUT2D eigenvalue weighted by molar-refractivity contribution is -0.149. The van der Waals surface area contributed by atoms with Crippen molar-refractivity contribution >= 4 is 17.7 Å². The van der Waals surface area contributed by atoms with Crippen molar-refractivity contribution in [1.82, 2.24) is 25.0 Å². The van der Waals surface area contributed by atoms with Crippen LogP contribution in [-0.2, 0) is 14.3 Å². The number of aromatic nitrogens is 1. The average Bonchev–Trinajstić information content (AvgIpc) is 3.22. The first-order chi connectivity index (χ1) is 17.0. The second-order valence-corrected chi connectivity index (χ2v) is 11.5. The van der Waals surface area contributed by atoms with Gasteiger partial charge in [0.25, 0.3) is 5.91 Å². The highest BCUT2D eigenvalue weighted by Gasteiger charge is 2.39. The maximum Gasteiger partial charge on any atom is 0.257 e. The molecular weight excluding hydrogens is 462 g/mol. The van der Waals surface area contributed by atoms with E-state index in [-0.39, 0.29) is 66.5 Å². The van der Waals surface area contributed by atoms with Gasteiger partial charge >= 0.3 is 0 Å². The maximum atomic E-state index is 13.3. The molecule has 2 fully saturated rings. The molecule has 1 N–H and O–H groups in total. The van der Waals surface area contributed by atoms with E-state index in [0.717, 1.165) is 0 Å². The highest BCUT2D eigenvalue weighted by atomic mass is 16.5. The van der Waals surface area contributed by atoms with Crippen LogP contribution < -0.4 is 10.1 Å². The van der Waals surface area contributed by atoms with E-state index >= 15 is 0 Å². The second-order valence-electron chi connectivity index (χ2n) is 11.5. The van der Waals surface area contributed by atoms with Crippen molar-refractivity contribution in [3.63, 3.8) is 0 Å². The maximum absolute atomic E-state index is 13.3. The fraction of sp³-hybridized carbons (Fsp3) is 0.692. The van der Waals surface area contributed by atoms with Crippen LogP contribution in [0.15, 0.2) is 18.3 Å². The topological polar surface area (TPSA) is 104 Å². The number of amides is 3. The number of piperazine rings is 1. The molecule has 1 aromatic heterocycles. The third-order valence-electron chi connectivity index (χ3n) is 7.03. The molecule has 198 valence electrons. The lowest BCUT2D eigenvalue weighted by Gasteiger charge is -2.42. The van der Waals surface area contributed by atoms with E-state index in [9.17, 15) is 14.4 Å². The Balaban J connectivity index is 1.58. The minimum atomic E-state index is -0.371. The number of pyridine rings is 1. The number of likely N-dealkylation sites (tertiary alicyclic amines) is 1. The third-order valence-corrected chi connectivity index (χ3v) is 7.03. The molecule has 3 aliphatic heterocycles. The van der Waals surface area contributed by atoms with Gasteiger partial charge < -0.3 is 24.6 Å². The number of hydrogen-bond donors (Lipinski definition) is 1. The summed E-state index contributed by atoms with van der Waals surface area (Å²) < 4.78 is 12.1. The molecule has 3 atom stereocenters. The lowest BCUT2D eigenvalue weighted by atomic mass is 9.91. The first kappa shape index (κ1) is 26.3. The van der Waals surface area contributed by atoms with Gasteiger partial charge in [-0.25, -0.2) is 4.98 Å². The summed E-state index contributed by atoms with van der Waals surface area (Å²) in [6.45, 7) is 12.9. The summed E-state index contributed by atoms with van der Waals surface area (Å²) in [5.41, 5.74) is 0.213. The number of carbonyl (C=O) groups excluding carboxylic acids is 3. The first-order valence-corrected chi connectivity index (χ1v) is 12.8. The number of rotatable bonds is 2. The van der Waals surface area contributed by atoms with Gasteiger partial charge in [-0.2, -0.15) is 0 Å². The van der Waals surface area contributed by atoms with E-state index in [1.165, 1.54) is 0 Å². The van der Waals surface area contributed by atoms with Crippen LogP contribution in [0.25, 0.3) is 0 Å². The number of ether oxygens (including phenoxy) is 2. The summed E-state index contributed by atoms with van der Waals surface area (Å²) in [5, 5.41) is 3.08. The Bertz CT molecular complexity index is 978. The molecule has 0 aliphatic carbocycles. The second kappa shape index (κ2) is 10.7. The summed E-state index contributed by atoms with van der Waals surface area (Å²) in [6, 6.07) is 3.04. The van der Waals surface area contributed by atoms with E-state index in [1.54, 1.807) is 23.2 Å². The number of hydrogen-bond acceptors (Lipinski definition) is 7. The summed E-state index contributed by atoms with van der Waals surface area (Å²) >= 11 is 0. The zero-order valence-corrected chi connectivity index (χ0v) is 22.0. The zero-order chi connectivity index (χ0) is 26.0. The van der Waals surface area contributed by atoms with Crippen LogP contribution in [0.5, 0.6) is 5.88 Å². The Morgan fingerprint density at radius 1 is 1.19 bits per heavy atom. The minimum Gasteiger partial charge on any atom is -0.475 e. The van der Waals surface area contributed by atoms with Gasteiger partial charge in [-0.15, -0.1) is 0 Å². The highest BCUT2D eigenvalue weighted by Crippen LogP contribution is 2.24. The Morgan fingerprint density at radius 2 is 1.97 bits per heavy atom. The largest absolute Gasteiger partial charge is 0.475 e. The molecule has 4 heterocycles. The molecule has 3 aliphatic rings. The number of fused-ring (bicyclic) bond motifs is 3. The molecule has 10 nitrogen and oxygen atoms in total. The van der Waals surface area contributed by atoms with Gasteiger partial charge in [0.2, 0.25) is 17.7 Å². The summed E-state index contributed by atoms with van der Waals surface area (Å²) in [7, 11) is 0. The molecule has 0 unspecified atom stereocenters. The van der Waals surface area contributed by atoms with E-state index in [0.29, 0.717) is 44.7 Å². The average molecular weight is 502 g/mol. The lowest BCUT2D eigenvalue weighted by Crippen LogP contribution is -2.59. The SMILES string of the molecule is CC(C)N1C[C@@H]2OCC(=O)N3CCN(C(=O)CC(C)(C)C)C[C@H]3COc3ncccc3C(=O)N[C@@H]2C1. The van der Waals surface area contributed by atoms with Gasteiger partial charge in [-0.3, -0.25) is 19.3 Å². The molecule has 4 rings (SSSR count). The fourth-order valence-corrected chi connectivity index (χ4v) is 5.01. The molecule has 2 saturated heterocycles. The van der Waals surface area contributed by atoms with Crippen LogP contribution in [0.1, 0.15) is 51.4 Å². The van der Waals surface area contributed by atoms with Crippen LogP contribution in [-0.4, -0.2) is 108 Å². The van der Waals surface area contributed by atoms with Gasteiger partial charge in [-0.1, -0.05) is 20.8 Å². The molecule has 36 heavy (non-hydrogen) atoms. The van der Waals surface area contributed by atoms with Gasteiger partial charge in [-0.05, 0) is 31.4 Å². The minimum absolute atomic E-state index is 0.0641. The Kier molecular flexibility index (Phi) is 7.85. The molecular formula is C26H39N5O5. The fourth-order valence-electron chi connectivity index (χ4n) is 5.01. The predicted octanol–water partition coefficient (Wildman–Crippen LogP) is 1.16. The zero-order valence-electron chi connectivity index (χ0n) is 22.0. The number of carbonyl (C=O) groups is 3. The third kappa shape index (κ3) is 6.15. The van der Waals surface area contributed by atoms with Gasteiger partial charge in [0.1, 0.15) is 18.8 Å². The van der Waals surface area contributed by atoms with Crippen molar-refractivity contribution in [2.75, 3.05) is 45.9 Å². The van der Waals surface area contributed by atoms with Gasteiger partial charge in [0, 0.05) is 51.4 Å². The monoisotopic (exact) mass is 501 g/mol. The van der Waals surface area contributed by atoms with Crippen molar-refractivity contribution in [2.24, 2.45) is 5.41 Å². The number of nitrogens with one attached hydrogen (secondary N) is 1. The highest BCUT2D eigenvalue weighted by molar-refractivity contribution is 5.96. The normalized spacial score (nSPS) is 26.1. The summed E-state index contributed by atoms with van der Waals surface area (Å²) in [4.78, 5) is 49.5. The van der Waals surface area contributed by atoms with Crippen LogP contribution in [0.2, 0.25) is 0 Å². The summed E-state index contributed by atoms with van der Waals surface area (Å²) in [6.07, 6.45) is 1.70. The molecule has 0 spiro atoms. The van der Waals surface area contributed by atoms with E-state index in [1.807, 2.05) is 25.7 Å². The molecule has 10 heteroatoms. The van der Waals surface area contributed by atoms with Crippen LogP contribution in [0.4, 0.5) is 0 Å². The van der Waals surface area contributed by atoms with Crippen molar-refractivity contribution in [2.45, 2.75) is 65.3 Å². The number of nitrogens with zero attached hydrogens (tertiary/aromatic N) is 4. The van der Waals surface area contributed by atoms with Crippen molar-refractivity contribution in [3.8, 4) is 5.88 Å². The van der Waals surface area contributed by atoms with E-state index in [4.69, 9.17) is 9.47 Å². The van der Waals surface area contributed by atoms with E-state index < -0.39 is 0 Å². The van der Waals surface area contributed by atoms with Crippen LogP contribution in [0, 0.1) is 5.41 Å². The van der Waals surface area contributed by atoms with Gasteiger partial charge in [0.15, 0.2) is 0 Å². The van der Waals surface area contributed by atoms with Crippen LogP contribution >= 0.6 is 0 Å². The Hall–Kier alpha value is -2.72. The Labute approximate surface area is 213 Å². The molecule has 0 radical (unpaired) electrons. The molecule has 1 aromatic rings. The van der Waals surface area contributed by atoms with Gasteiger partial charge in [0.05, 0.1) is 18.2 Å². The quantitative estimate of drug-likeness (QED) is 0.648. The van der Waals surface area contributed by atoms with Crippen molar-refractivity contribution < 1.29 is 23.9 Å². The van der Waals surface area contributed by atoms with Crippen LogP contribution in [0.3, 0.4) is 0 Å². The first-order valence-electron chi connectivity index (χ1n) is 12.8. The summed E-state index contributed by atoms with van der Waals surface area (Å²) in [5.74, 6) is -0.138. The van der Waals surface area contributed by atoms with Crippen molar-refractivity contribution in [3.05, 3.63) is 23.9 Å².